The number of likely N-dealkylation sites (tertiary alicyclic amines) is 1. The minimum Gasteiger partial charge on any atom is -0.480 e. The number of carboxylic acid groups (broad SMARTS) is 1. The molecule has 3 amide bonds. The normalized spacial score (nSPS) is 22.9. The van der Waals surface area contributed by atoms with E-state index in [-0.39, 0.29) is 25.0 Å². The summed E-state index contributed by atoms with van der Waals surface area (Å²) in [5.74, 6) is -1.83. The molecule has 9 heteroatoms. The third kappa shape index (κ3) is 4.87. The lowest BCUT2D eigenvalue weighted by Gasteiger charge is -2.20. The molecule has 1 aliphatic heterocycles. The molecule has 0 bridgehead atoms. The van der Waals surface area contributed by atoms with Gasteiger partial charge in [-0.25, -0.2) is 9.59 Å². The van der Waals surface area contributed by atoms with Crippen LogP contribution in [0, 0.1) is 0 Å². The number of nitrogens with two attached hydrogens (primary N) is 1. The van der Waals surface area contributed by atoms with Crippen molar-refractivity contribution in [3.8, 4) is 0 Å². The number of urea groups is 1. The molecule has 1 fully saturated rings. The fourth-order valence-electron chi connectivity index (χ4n) is 2.15. The summed E-state index contributed by atoms with van der Waals surface area (Å²) in [6, 6.07) is -1.69. The van der Waals surface area contributed by atoms with Crippen molar-refractivity contribution in [1.82, 2.24) is 10.2 Å². The van der Waals surface area contributed by atoms with Crippen LogP contribution in [-0.4, -0.2) is 73.5 Å². The lowest BCUT2D eigenvalue weighted by molar-refractivity contribution is -0.139. The van der Waals surface area contributed by atoms with E-state index < -0.39 is 23.9 Å². The number of aliphatic carboxylic acids is 1. The molecule has 2 unspecified atom stereocenters. The molecule has 0 aromatic rings. The van der Waals surface area contributed by atoms with Gasteiger partial charge >= 0.3 is 12.0 Å². The average molecular weight is 303 g/mol. The largest absolute Gasteiger partial charge is 0.480 e. The molecule has 0 spiro atoms. The summed E-state index contributed by atoms with van der Waals surface area (Å²) < 4.78 is 10.4. The number of ether oxygens (including phenoxy) is 2. The predicted octanol–water partition coefficient (Wildman–Crippen LogP) is -1.24. The van der Waals surface area contributed by atoms with E-state index in [2.05, 4.69) is 5.32 Å². The Morgan fingerprint density at radius 1 is 1.29 bits per heavy atom. The lowest BCUT2D eigenvalue weighted by atomic mass is 10.1. The van der Waals surface area contributed by atoms with Crippen LogP contribution in [0.2, 0.25) is 0 Å². The van der Waals surface area contributed by atoms with Gasteiger partial charge in [-0.15, -0.1) is 0 Å². The number of carboxylic acids is 1. The summed E-state index contributed by atoms with van der Waals surface area (Å²) in [5.41, 5.74) is 4.98. The van der Waals surface area contributed by atoms with Gasteiger partial charge in [-0.2, -0.15) is 0 Å². The van der Waals surface area contributed by atoms with Gasteiger partial charge in [-0.3, -0.25) is 4.79 Å². The van der Waals surface area contributed by atoms with Crippen molar-refractivity contribution in [1.29, 1.82) is 0 Å². The maximum absolute atomic E-state index is 12.1. The number of carbonyl (C=O) groups excluding carboxylic acids is 2. The smallest absolute Gasteiger partial charge is 0.326 e. The maximum Gasteiger partial charge on any atom is 0.326 e. The van der Waals surface area contributed by atoms with Gasteiger partial charge < -0.3 is 30.5 Å². The molecule has 0 radical (unpaired) electrons. The molecule has 1 saturated heterocycles. The van der Waals surface area contributed by atoms with E-state index in [1.165, 1.54) is 19.1 Å². The molecule has 1 heterocycles. The molecule has 9 nitrogen and oxygen atoms in total. The first kappa shape index (κ1) is 17.2. The molecular formula is C12H21N3O6. The molecule has 0 aromatic carbocycles. The van der Waals surface area contributed by atoms with E-state index in [4.69, 9.17) is 20.3 Å². The number of nitrogens with zero attached hydrogens (tertiary/aromatic N) is 1. The minimum absolute atomic E-state index is 0.0499. The third-order valence-corrected chi connectivity index (χ3v) is 3.38. The number of methoxy groups -OCH3 is 2. The van der Waals surface area contributed by atoms with Gasteiger partial charge in [0.2, 0.25) is 5.91 Å². The standard InChI is InChI=1S/C12H21N3O6/c1-20-8-5-15(6-9(8)21-2)12(19)14-7(11(17)18)3-4-10(13)16/h7-9H,3-6H2,1-2H3,(H2,13,16)(H,14,19)(H,17,18)/t7-,8?,9?/m1/s1. The first-order valence-electron chi connectivity index (χ1n) is 6.51. The van der Waals surface area contributed by atoms with E-state index in [1.807, 2.05) is 0 Å². The first-order valence-corrected chi connectivity index (χ1v) is 6.51. The van der Waals surface area contributed by atoms with Gasteiger partial charge in [0.05, 0.1) is 13.1 Å². The Bertz CT molecular complexity index is 390. The van der Waals surface area contributed by atoms with Gasteiger partial charge in [0, 0.05) is 20.6 Å². The predicted molar refractivity (Wildman–Crippen MR) is 71.6 cm³/mol. The Balaban J connectivity index is 2.57. The molecular weight excluding hydrogens is 282 g/mol. The van der Waals surface area contributed by atoms with Gasteiger partial charge in [0.25, 0.3) is 0 Å². The lowest BCUT2D eigenvalue weighted by Crippen LogP contribution is -2.48. The second-order valence-electron chi connectivity index (χ2n) is 4.80. The maximum atomic E-state index is 12.1. The Hall–Kier alpha value is -1.87. The summed E-state index contributed by atoms with van der Waals surface area (Å²) in [7, 11) is 3.04. The van der Waals surface area contributed by atoms with Crippen LogP contribution < -0.4 is 11.1 Å². The molecule has 120 valence electrons. The van der Waals surface area contributed by atoms with Gasteiger partial charge in [-0.1, -0.05) is 0 Å². The number of carbonyl (C=O) groups is 3. The van der Waals surface area contributed by atoms with Crippen molar-refractivity contribution >= 4 is 17.9 Å². The van der Waals surface area contributed by atoms with Crippen LogP contribution in [-0.2, 0) is 19.1 Å². The zero-order chi connectivity index (χ0) is 16.0. The Labute approximate surface area is 122 Å². The highest BCUT2D eigenvalue weighted by Crippen LogP contribution is 2.16. The molecule has 3 atom stereocenters. The van der Waals surface area contributed by atoms with Crippen LogP contribution in [0.25, 0.3) is 0 Å². The first-order chi connectivity index (χ1) is 9.88. The summed E-state index contributed by atoms with van der Waals surface area (Å²) in [6.07, 6.45) is -0.672. The van der Waals surface area contributed by atoms with Crippen LogP contribution in [0.15, 0.2) is 0 Å². The monoisotopic (exact) mass is 303 g/mol. The fourth-order valence-corrected chi connectivity index (χ4v) is 2.15. The second kappa shape index (κ2) is 7.79. The van der Waals surface area contributed by atoms with E-state index in [0.717, 1.165) is 0 Å². The molecule has 0 saturated carbocycles. The fraction of sp³-hybridized carbons (Fsp3) is 0.750. The quantitative estimate of drug-likeness (QED) is 0.539. The van der Waals surface area contributed by atoms with Crippen LogP contribution in [0.5, 0.6) is 0 Å². The van der Waals surface area contributed by atoms with E-state index in [9.17, 15) is 14.4 Å². The van der Waals surface area contributed by atoms with Gasteiger partial charge in [-0.05, 0) is 6.42 Å². The van der Waals surface area contributed by atoms with Crippen molar-refractivity contribution in [3.63, 3.8) is 0 Å². The number of nitrogens with one attached hydrogen (secondary N) is 1. The minimum atomic E-state index is -1.21. The zero-order valence-electron chi connectivity index (χ0n) is 12.1. The molecule has 0 aromatic heterocycles. The van der Waals surface area contributed by atoms with E-state index in [0.29, 0.717) is 13.1 Å². The number of primary amides is 1. The third-order valence-electron chi connectivity index (χ3n) is 3.38. The number of hydrogen-bond donors (Lipinski definition) is 3. The van der Waals surface area contributed by atoms with Crippen molar-refractivity contribution in [2.45, 2.75) is 31.1 Å². The topological polar surface area (TPSA) is 131 Å². The summed E-state index contributed by atoms with van der Waals surface area (Å²) in [5, 5.41) is 11.4. The van der Waals surface area contributed by atoms with E-state index >= 15 is 0 Å². The zero-order valence-corrected chi connectivity index (χ0v) is 12.1. The SMILES string of the molecule is COC1CN(C(=O)N[C@H](CCC(N)=O)C(=O)O)CC1OC. The number of rotatable bonds is 7. The van der Waals surface area contributed by atoms with Crippen molar-refractivity contribution in [2.75, 3.05) is 27.3 Å². The molecule has 1 aliphatic rings. The van der Waals surface area contributed by atoms with Crippen molar-refractivity contribution in [2.24, 2.45) is 5.73 Å². The number of amides is 3. The summed E-state index contributed by atoms with van der Waals surface area (Å²) in [6.45, 7) is 0.617. The molecule has 4 N–H and O–H groups in total. The molecule has 0 aliphatic carbocycles. The highest BCUT2D eigenvalue weighted by atomic mass is 16.5. The van der Waals surface area contributed by atoms with Crippen molar-refractivity contribution in [3.05, 3.63) is 0 Å². The van der Waals surface area contributed by atoms with Gasteiger partial charge in [0.1, 0.15) is 18.2 Å². The summed E-state index contributed by atoms with van der Waals surface area (Å²) >= 11 is 0. The van der Waals surface area contributed by atoms with Crippen LogP contribution >= 0.6 is 0 Å². The van der Waals surface area contributed by atoms with Crippen LogP contribution in [0.1, 0.15) is 12.8 Å². The Morgan fingerprint density at radius 2 is 1.81 bits per heavy atom. The summed E-state index contributed by atoms with van der Waals surface area (Å²) in [4.78, 5) is 35.2. The number of hydrogen-bond acceptors (Lipinski definition) is 5. The second-order valence-corrected chi connectivity index (χ2v) is 4.80. The Kier molecular flexibility index (Phi) is 6.38. The Morgan fingerprint density at radius 3 is 2.19 bits per heavy atom. The van der Waals surface area contributed by atoms with Crippen LogP contribution in [0.3, 0.4) is 0 Å². The van der Waals surface area contributed by atoms with Gasteiger partial charge in [0.15, 0.2) is 0 Å². The molecule has 21 heavy (non-hydrogen) atoms. The van der Waals surface area contributed by atoms with Crippen molar-refractivity contribution < 1.29 is 29.0 Å². The average Bonchev–Trinajstić information content (AvgIpc) is 2.85. The van der Waals surface area contributed by atoms with Crippen LogP contribution in [0.4, 0.5) is 4.79 Å². The van der Waals surface area contributed by atoms with E-state index in [1.54, 1.807) is 0 Å². The highest BCUT2D eigenvalue weighted by molar-refractivity contribution is 5.83. The highest BCUT2D eigenvalue weighted by Gasteiger charge is 2.36. The molecule has 1 rings (SSSR count).